The molecular formula is C15H17NO5. The summed E-state index contributed by atoms with van der Waals surface area (Å²) >= 11 is 0. The van der Waals surface area contributed by atoms with Gasteiger partial charge in [-0.3, -0.25) is 9.59 Å². The number of nitrogens with one attached hydrogen (secondary N) is 1. The number of carbonyl (C=O) groups is 1. The van der Waals surface area contributed by atoms with Gasteiger partial charge in [-0.25, -0.2) is 0 Å². The number of carboxylic acids is 1. The molecule has 2 rings (SSSR count). The van der Waals surface area contributed by atoms with Crippen LogP contribution < -0.4 is 14.9 Å². The lowest BCUT2D eigenvalue weighted by molar-refractivity contribution is -0.136. The lowest BCUT2D eigenvalue weighted by Crippen LogP contribution is -2.15. The molecule has 1 heterocycles. The van der Waals surface area contributed by atoms with E-state index in [1.165, 1.54) is 14.2 Å². The first-order valence-corrected chi connectivity index (χ1v) is 6.47. The highest BCUT2D eigenvalue weighted by Crippen LogP contribution is 2.30. The van der Waals surface area contributed by atoms with Crippen molar-refractivity contribution in [2.24, 2.45) is 0 Å². The van der Waals surface area contributed by atoms with E-state index in [-0.39, 0.29) is 18.3 Å². The van der Waals surface area contributed by atoms with Gasteiger partial charge in [-0.05, 0) is 19.4 Å². The maximum Gasteiger partial charge on any atom is 0.303 e. The molecule has 0 radical (unpaired) electrons. The Balaban J connectivity index is 2.64. The number of hydrogen-bond donors (Lipinski definition) is 2. The number of aliphatic carboxylic acids is 1. The SMILES string of the molecule is COc1cc2[nH]c(C)c(CCC(=O)O)c(=O)c2cc1OC. The van der Waals surface area contributed by atoms with Crippen LogP contribution >= 0.6 is 0 Å². The average molecular weight is 291 g/mol. The van der Waals surface area contributed by atoms with E-state index in [9.17, 15) is 9.59 Å². The van der Waals surface area contributed by atoms with Crippen molar-refractivity contribution in [2.45, 2.75) is 19.8 Å². The van der Waals surface area contributed by atoms with Gasteiger partial charge < -0.3 is 19.6 Å². The van der Waals surface area contributed by atoms with E-state index in [4.69, 9.17) is 14.6 Å². The third-order valence-electron chi connectivity index (χ3n) is 3.41. The molecule has 0 bridgehead atoms. The highest BCUT2D eigenvalue weighted by molar-refractivity contribution is 5.83. The van der Waals surface area contributed by atoms with Crippen molar-refractivity contribution in [3.05, 3.63) is 33.6 Å². The minimum atomic E-state index is -0.929. The molecule has 112 valence electrons. The summed E-state index contributed by atoms with van der Waals surface area (Å²) in [5, 5.41) is 9.23. The Morgan fingerprint density at radius 3 is 2.43 bits per heavy atom. The fourth-order valence-electron chi connectivity index (χ4n) is 2.31. The van der Waals surface area contributed by atoms with Crippen molar-refractivity contribution in [3.63, 3.8) is 0 Å². The van der Waals surface area contributed by atoms with E-state index < -0.39 is 5.97 Å². The smallest absolute Gasteiger partial charge is 0.303 e. The van der Waals surface area contributed by atoms with Crippen LogP contribution in [-0.4, -0.2) is 30.3 Å². The summed E-state index contributed by atoms with van der Waals surface area (Å²) < 4.78 is 10.4. The zero-order chi connectivity index (χ0) is 15.6. The molecular weight excluding hydrogens is 274 g/mol. The Kier molecular flexibility index (Phi) is 4.16. The minimum Gasteiger partial charge on any atom is -0.493 e. The number of fused-ring (bicyclic) bond motifs is 1. The number of aryl methyl sites for hydroxylation is 1. The number of ether oxygens (including phenoxy) is 2. The zero-order valence-electron chi connectivity index (χ0n) is 12.1. The maximum atomic E-state index is 12.5. The molecule has 1 aromatic heterocycles. The monoisotopic (exact) mass is 291 g/mol. The number of H-pyrrole nitrogens is 1. The molecule has 0 atom stereocenters. The highest BCUT2D eigenvalue weighted by atomic mass is 16.5. The van der Waals surface area contributed by atoms with E-state index in [1.54, 1.807) is 19.1 Å². The van der Waals surface area contributed by atoms with E-state index >= 15 is 0 Å². The Hall–Kier alpha value is -2.50. The van der Waals surface area contributed by atoms with Crippen molar-refractivity contribution in [1.29, 1.82) is 0 Å². The standard InChI is InChI=1S/C15H17NO5/c1-8-9(4-5-14(17)18)15(19)10-6-12(20-2)13(21-3)7-11(10)16-8/h6-7H,4-5H2,1-3H3,(H,16,19)(H,17,18). The molecule has 6 heteroatoms. The summed E-state index contributed by atoms with van der Waals surface area (Å²) in [5.74, 6) is 0.0584. The fourth-order valence-corrected chi connectivity index (χ4v) is 2.31. The van der Waals surface area contributed by atoms with Crippen molar-refractivity contribution in [3.8, 4) is 11.5 Å². The summed E-state index contributed by atoms with van der Waals surface area (Å²) in [6.45, 7) is 1.76. The molecule has 21 heavy (non-hydrogen) atoms. The molecule has 1 aromatic carbocycles. The number of hydrogen-bond acceptors (Lipinski definition) is 4. The van der Waals surface area contributed by atoms with Crippen molar-refractivity contribution < 1.29 is 19.4 Å². The molecule has 0 spiro atoms. The van der Waals surface area contributed by atoms with Crippen LogP contribution in [0.15, 0.2) is 16.9 Å². The molecule has 0 saturated heterocycles. The van der Waals surface area contributed by atoms with Crippen LogP contribution in [0.25, 0.3) is 10.9 Å². The topological polar surface area (TPSA) is 88.6 Å². The van der Waals surface area contributed by atoms with E-state index in [0.29, 0.717) is 33.7 Å². The number of rotatable bonds is 5. The zero-order valence-corrected chi connectivity index (χ0v) is 12.1. The van der Waals surface area contributed by atoms with Gasteiger partial charge in [0.25, 0.3) is 0 Å². The lowest BCUT2D eigenvalue weighted by atomic mass is 10.0. The average Bonchev–Trinajstić information content (AvgIpc) is 2.45. The van der Waals surface area contributed by atoms with Crippen LogP contribution in [0.2, 0.25) is 0 Å². The summed E-state index contributed by atoms with van der Waals surface area (Å²) in [6.07, 6.45) is 0.115. The van der Waals surface area contributed by atoms with Crippen molar-refractivity contribution in [1.82, 2.24) is 4.98 Å². The third kappa shape index (κ3) is 2.84. The summed E-state index contributed by atoms with van der Waals surface area (Å²) in [7, 11) is 3.02. The van der Waals surface area contributed by atoms with Crippen LogP contribution in [0.3, 0.4) is 0 Å². The van der Waals surface area contributed by atoms with Gasteiger partial charge >= 0.3 is 5.97 Å². The van der Waals surface area contributed by atoms with Gasteiger partial charge in [-0.1, -0.05) is 0 Å². The molecule has 0 saturated carbocycles. The first-order chi connectivity index (χ1) is 9.97. The number of carboxylic acid groups (broad SMARTS) is 1. The predicted molar refractivity (Wildman–Crippen MR) is 78.4 cm³/mol. The van der Waals surface area contributed by atoms with Crippen LogP contribution in [0.1, 0.15) is 17.7 Å². The lowest BCUT2D eigenvalue weighted by Gasteiger charge is -2.11. The molecule has 6 nitrogen and oxygen atoms in total. The van der Waals surface area contributed by atoms with Gasteiger partial charge in [0.1, 0.15) is 0 Å². The van der Waals surface area contributed by atoms with Gasteiger partial charge in [0.15, 0.2) is 16.9 Å². The van der Waals surface area contributed by atoms with Gasteiger partial charge in [-0.2, -0.15) is 0 Å². The predicted octanol–water partition coefficient (Wildman–Crippen LogP) is 1.87. The molecule has 0 fully saturated rings. The quantitative estimate of drug-likeness (QED) is 0.878. The number of pyridine rings is 1. The Labute approximate surface area is 121 Å². The normalized spacial score (nSPS) is 10.6. The van der Waals surface area contributed by atoms with E-state index in [0.717, 1.165) is 0 Å². The molecule has 0 aliphatic carbocycles. The fraction of sp³-hybridized carbons (Fsp3) is 0.333. The summed E-state index contributed by atoms with van der Waals surface area (Å²) in [6, 6.07) is 3.31. The molecule has 0 amide bonds. The summed E-state index contributed by atoms with van der Waals surface area (Å²) in [4.78, 5) is 26.3. The first-order valence-electron chi connectivity index (χ1n) is 6.47. The molecule has 0 unspecified atom stereocenters. The summed E-state index contributed by atoms with van der Waals surface area (Å²) in [5.41, 5.74) is 1.61. The van der Waals surface area contributed by atoms with Crippen molar-refractivity contribution >= 4 is 16.9 Å². The number of aromatic nitrogens is 1. The van der Waals surface area contributed by atoms with Crippen LogP contribution in [0.5, 0.6) is 11.5 Å². The largest absolute Gasteiger partial charge is 0.493 e. The molecule has 0 aliphatic heterocycles. The Bertz CT molecular complexity index is 748. The van der Waals surface area contributed by atoms with Gasteiger partial charge in [-0.15, -0.1) is 0 Å². The number of aromatic amines is 1. The minimum absolute atomic E-state index is 0.0806. The second-order valence-corrected chi connectivity index (χ2v) is 4.70. The molecule has 2 aromatic rings. The van der Waals surface area contributed by atoms with E-state index in [1.807, 2.05) is 0 Å². The van der Waals surface area contributed by atoms with Gasteiger partial charge in [0, 0.05) is 29.1 Å². The Morgan fingerprint density at radius 2 is 1.86 bits per heavy atom. The highest BCUT2D eigenvalue weighted by Gasteiger charge is 2.14. The maximum absolute atomic E-state index is 12.5. The van der Waals surface area contributed by atoms with Gasteiger partial charge in [0.2, 0.25) is 0 Å². The van der Waals surface area contributed by atoms with E-state index in [2.05, 4.69) is 4.98 Å². The van der Waals surface area contributed by atoms with Crippen LogP contribution in [0, 0.1) is 6.92 Å². The molecule has 0 aliphatic rings. The van der Waals surface area contributed by atoms with Crippen LogP contribution in [0.4, 0.5) is 0 Å². The van der Waals surface area contributed by atoms with Crippen LogP contribution in [-0.2, 0) is 11.2 Å². The third-order valence-corrected chi connectivity index (χ3v) is 3.41. The number of methoxy groups -OCH3 is 2. The number of benzene rings is 1. The molecule has 2 N–H and O–H groups in total. The van der Waals surface area contributed by atoms with Gasteiger partial charge in [0.05, 0.1) is 19.7 Å². The first kappa shape index (κ1) is 14.9. The second kappa shape index (κ2) is 5.87. The van der Waals surface area contributed by atoms with Crippen molar-refractivity contribution in [2.75, 3.05) is 14.2 Å². The second-order valence-electron chi connectivity index (χ2n) is 4.70. The Morgan fingerprint density at radius 1 is 1.24 bits per heavy atom.